The molecular weight excluding hydrogens is 182 g/mol. The third kappa shape index (κ3) is 4.16. The SMILES string of the molecule is C=CCSCCN[C@H]1CCC[C@@H]1O. The highest BCUT2D eigenvalue weighted by Gasteiger charge is 2.23. The van der Waals surface area contributed by atoms with Crippen molar-refractivity contribution in [1.29, 1.82) is 0 Å². The maximum atomic E-state index is 9.51. The van der Waals surface area contributed by atoms with E-state index in [1.807, 2.05) is 17.8 Å². The van der Waals surface area contributed by atoms with Gasteiger partial charge in [0.05, 0.1) is 6.10 Å². The summed E-state index contributed by atoms with van der Waals surface area (Å²) in [6.07, 6.45) is 5.09. The molecule has 0 aromatic carbocycles. The Hall–Kier alpha value is 0.01000. The summed E-state index contributed by atoms with van der Waals surface area (Å²) in [5.74, 6) is 2.13. The van der Waals surface area contributed by atoms with Crippen LogP contribution in [0.15, 0.2) is 12.7 Å². The Morgan fingerprint density at radius 1 is 1.54 bits per heavy atom. The first-order chi connectivity index (χ1) is 6.34. The third-order valence-electron chi connectivity index (χ3n) is 2.37. The maximum Gasteiger partial charge on any atom is 0.0693 e. The molecule has 0 saturated heterocycles. The summed E-state index contributed by atoms with van der Waals surface area (Å²) < 4.78 is 0. The molecule has 0 amide bonds. The third-order valence-corrected chi connectivity index (χ3v) is 3.33. The minimum atomic E-state index is -0.107. The predicted octanol–water partition coefficient (Wildman–Crippen LogP) is 1.41. The lowest BCUT2D eigenvalue weighted by atomic mass is 10.2. The van der Waals surface area contributed by atoms with Crippen molar-refractivity contribution in [2.75, 3.05) is 18.1 Å². The van der Waals surface area contributed by atoms with Crippen molar-refractivity contribution < 1.29 is 5.11 Å². The molecular formula is C10H19NOS. The van der Waals surface area contributed by atoms with Gasteiger partial charge in [0, 0.05) is 24.1 Å². The highest BCUT2D eigenvalue weighted by Crippen LogP contribution is 2.18. The minimum Gasteiger partial charge on any atom is -0.392 e. The number of nitrogens with one attached hydrogen (secondary N) is 1. The summed E-state index contributed by atoms with van der Waals surface area (Å²) in [6.45, 7) is 4.67. The molecule has 2 N–H and O–H groups in total. The van der Waals surface area contributed by atoms with Crippen LogP contribution in [0.1, 0.15) is 19.3 Å². The van der Waals surface area contributed by atoms with Crippen molar-refractivity contribution in [2.45, 2.75) is 31.4 Å². The standard InChI is InChI=1S/C10H19NOS/c1-2-7-13-8-6-11-9-4-3-5-10(9)12/h2,9-12H,1,3-8H2/t9-,10-/m0/s1. The van der Waals surface area contributed by atoms with Crippen LogP contribution in [0.25, 0.3) is 0 Å². The molecule has 2 atom stereocenters. The van der Waals surface area contributed by atoms with E-state index in [0.29, 0.717) is 6.04 Å². The smallest absolute Gasteiger partial charge is 0.0693 e. The van der Waals surface area contributed by atoms with E-state index < -0.39 is 0 Å². The monoisotopic (exact) mass is 201 g/mol. The second-order valence-corrected chi connectivity index (χ2v) is 4.57. The topological polar surface area (TPSA) is 32.3 Å². The van der Waals surface area contributed by atoms with E-state index in [9.17, 15) is 5.11 Å². The summed E-state index contributed by atoms with van der Waals surface area (Å²) in [7, 11) is 0. The van der Waals surface area contributed by atoms with Gasteiger partial charge in [-0.1, -0.05) is 6.08 Å². The van der Waals surface area contributed by atoms with Crippen LogP contribution in [0.2, 0.25) is 0 Å². The molecule has 13 heavy (non-hydrogen) atoms. The quantitative estimate of drug-likeness (QED) is 0.503. The van der Waals surface area contributed by atoms with Gasteiger partial charge in [-0.2, -0.15) is 11.8 Å². The first-order valence-electron chi connectivity index (χ1n) is 4.94. The van der Waals surface area contributed by atoms with E-state index >= 15 is 0 Å². The average molecular weight is 201 g/mol. The van der Waals surface area contributed by atoms with Crippen molar-refractivity contribution in [2.24, 2.45) is 0 Å². The first-order valence-corrected chi connectivity index (χ1v) is 6.10. The molecule has 0 aliphatic heterocycles. The lowest BCUT2D eigenvalue weighted by Crippen LogP contribution is -2.36. The van der Waals surface area contributed by atoms with Crippen molar-refractivity contribution in [3.8, 4) is 0 Å². The Labute approximate surface area is 84.8 Å². The molecule has 1 rings (SSSR count). The number of aliphatic hydroxyl groups is 1. The molecule has 0 spiro atoms. The van der Waals surface area contributed by atoms with Gasteiger partial charge in [0.25, 0.3) is 0 Å². The zero-order chi connectivity index (χ0) is 9.52. The summed E-state index contributed by atoms with van der Waals surface area (Å²) in [5.41, 5.74) is 0. The fourth-order valence-electron chi connectivity index (χ4n) is 1.66. The minimum absolute atomic E-state index is 0.107. The van der Waals surface area contributed by atoms with Gasteiger partial charge in [0.1, 0.15) is 0 Å². The molecule has 1 saturated carbocycles. The van der Waals surface area contributed by atoms with E-state index in [2.05, 4.69) is 11.9 Å². The summed E-state index contributed by atoms with van der Waals surface area (Å²) in [4.78, 5) is 0. The van der Waals surface area contributed by atoms with Gasteiger partial charge < -0.3 is 10.4 Å². The van der Waals surface area contributed by atoms with Gasteiger partial charge in [-0.25, -0.2) is 0 Å². The van der Waals surface area contributed by atoms with Crippen molar-refractivity contribution in [1.82, 2.24) is 5.32 Å². The van der Waals surface area contributed by atoms with Gasteiger partial charge in [0.15, 0.2) is 0 Å². The van der Waals surface area contributed by atoms with E-state index in [1.165, 1.54) is 6.42 Å². The van der Waals surface area contributed by atoms with E-state index in [0.717, 1.165) is 30.9 Å². The molecule has 0 aromatic heterocycles. The Kier molecular flexibility index (Phi) is 5.51. The molecule has 0 aromatic rings. The van der Waals surface area contributed by atoms with E-state index in [4.69, 9.17) is 0 Å². The van der Waals surface area contributed by atoms with Crippen LogP contribution in [0.3, 0.4) is 0 Å². The van der Waals surface area contributed by atoms with Crippen molar-refractivity contribution in [3.05, 3.63) is 12.7 Å². The van der Waals surface area contributed by atoms with Crippen LogP contribution in [0, 0.1) is 0 Å². The molecule has 0 heterocycles. The van der Waals surface area contributed by atoms with E-state index in [-0.39, 0.29) is 6.10 Å². The number of rotatable bonds is 6. The van der Waals surface area contributed by atoms with E-state index in [1.54, 1.807) is 0 Å². The Bertz CT molecular complexity index is 152. The van der Waals surface area contributed by atoms with Gasteiger partial charge in [-0.15, -0.1) is 6.58 Å². The molecule has 1 aliphatic rings. The second kappa shape index (κ2) is 6.46. The van der Waals surface area contributed by atoms with Crippen molar-refractivity contribution >= 4 is 11.8 Å². The Morgan fingerprint density at radius 2 is 2.38 bits per heavy atom. The summed E-state index contributed by atoms with van der Waals surface area (Å²) in [5, 5.41) is 12.9. The lowest BCUT2D eigenvalue weighted by molar-refractivity contribution is 0.150. The molecule has 3 heteroatoms. The van der Waals surface area contributed by atoms with Gasteiger partial charge in [0.2, 0.25) is 0 Å². The normalized spacial score (nSPS) is 27.8. The van der Waals surface area contributed by atoms with Crippen LogP contribution in [-0.4, -0.2) is 35.3 Å². The van der Waals surface area contributed by atoms with Crippen LogP contribution in [-0.2, 0) is 0 Å². The molecule has 0 bridgehead atoms. The summed E-state index contributed by atoms with van der Waals surface area (Å²) in [6, 6.07) is 0.351. The average Bonchev–Trinajstić information content (AvgIpc) is 2.52. The number of hydrogen-bond donors (Lipinski definition) is 2. The predicted molar refractivity (Wildman–Crippen MR) is 59.2 cm³/mol. The second-order valence-electron chi connectivity index (χ2n) is 3.42. The summed E-state index contributed by atoms with van der Waals surface area (Å²) >= 11 is 1.88. The van der Waals surface area contributed by atoms with Crippen LogP contribution in [0.5, 0.6) is 0 Å². The zero-order valence-corrected chi connectivity index (χ0v) is 8.85. The largest absolute Gasteiger partial charge is 0.392 e. The van der Waals surface area contributed by atoms with Gasteiger partial charge in [-0.3, -0.25) is 0 Å². The lowest BCUT2D eigenvalue weighted by Gasteiger charge is -2.15. The molecule has 1 aliphatic carbocycles. The molecule has 1 fully saturated rings. The molecule has 76 valence electrons. The van der Waals surface area contributed by atoms with Crippen LogP contribution >= 0.6 is 11.8 Å². The van der Waals surface area contributed by atoms with Crippen LogP contribution < -0.4 is 5.32 Å². The maximum absolute atomic E-state index is 9.51. The first kappa shape index (κ1) is 11.1. The van der Waals surface area contributed by atoms with Crippen molar-refractivity contribution in [3.63, 3.8) is 0 Å². The van der Waals surface area contributed by atoms with Crippen LogP contribution in [0.4, 0.5) is 0 Å². The Morgan fingerprint density at radius 3 is 3.00 bits per heavy atom. The fourth-order valence-corrected chi connectivity index (χ4v) is 2.26. The molecule has 0 radical (unpaired) electrons. The Balaban J connectivity index is 1.95. The van der Waals surface area contributed by atoms with Gasteiger partial charge >= 0.3 is 0 Å². The van der Waals surface area contributed by atoms with Gasteiger partial charge in [-0.05, 0) is 19.3 Å². The number of hydrogen-bond acceptors (Lipinski definition) is 3. The number of thioether (sulfide) groups is 1. The zero-order valence-electron chi connectivity index (χ0n) is 8.04. The highest BCUT2D eigenvalue weighted by molar-refractivity contribution is 7.99. The molecule has 0 unspecified atom stereocenters. The highest BCUT2D eigenvalue weighted by atomic mass is 32.2. The molecule has 2 nitrogen and oxygen atoms in total. The fraction of sp³-hybridized carbons (Fsp3) is 0.800. The number of aliphatic hydroxyl groups excluding tert-OH is 1.